The Bertz CT molecular complexity index is 555. The molecule has 0 aromatic heterocycles. The maximum Gasteiger partial charge on any atom is 0.123 e. The first-order valence-electron chi connectivity index (χ1n) is 6.03. The van der Waals surface area contributed by atoms with E-state index in [1.54, 1.807) is 12.1 Å². The van der Waals surface area contributed by atoms with Crippen molar-refractivity contribution in [3.8, 4) is 0 Å². The van der Waals surface area contributed by atoms with E-state index in [0.29, 0.717) is 10.9 Å². The molecule has 0 aliphatic carbocycles. The molecule has 0 N–H and O–H groups in total. The van der Waals surface area contributed by atoms with Gasteiger partial charge in [-0.1, -0.05) is 11.6 Å². The Labute approximate surface area is 122 Å². The average molecular weight is 298 g/mol. The van der Waals surface area contributed by atoms with Gasteiger partial charge in [0, 0.05) is 28.8 Å². The number of hydrogen-bond acceptors (Lipinski definition) is 1. The zero-order chi connectivity index (χ0) is 13.8. The summed E-state index contributed by atoms with van der Waals surface area (Å²) in [4.78, 5) is 2.08. The highest BCUT2D eigenvalue weighted by Gasteiger charge is 2.12. The second-order valence-corrected chi connectivity index (χ2v) is 4.83. The van der Waals surface area contributed by atoms with E-state index in [1.165, 1.54) is 12.1 Å². The van der Waals surface area contributed by atoms with Gasteiger partial charge in [0.2, 0.25) is 0 Å². The van der Waals surface area contributed by atoms with Crippen LogP contribution >= 0.6 is 23.2 Å². The van der Waals surface area contributed by atoms with Crippen LogP contribution in [0.1, 0.15) is 12.5 Å². The van der Waals surface area contributed by atoms with Crippen molar-refractivity contribution in [2.75, 3.05) is 11.4 Å². The largest absolute Gasteiger partial charge is 0.342 e. The van der Waals surface area contributed by atoms with Crippen LogP contribution < -0.4 is 4.90 Å². The van der Waals surface area contributed by atoms with E-state index in [-0.39, 0.29) is 5.82 Å². The molecule has 0 aliphatic heterocycles. The third-order valence-electron chi connectivity index (χ3n) is 2.93. The van der Waals surface area contributed by atoms with Crippen LogP contribution in [0.3, 0.4) is 0 Å². The SMILES string of the molecule is CCN(c1ccc(F)cc1)c1ccc(Cl)cc1CCl. The highest BCUT2D eigenvalue weighted by atomic mass is 35.5. The number of alkyl halides is 1. The second kappa shape index (κ2) is 6.27. The highest BCUT2D eigenvalue weighted by Crippen LogP contribution is 2.31. The number of nitrogens with zero attached hydrogens (tertiary/aromatic N) is 1. The van der Waals surface area contributed by atoms with Crippen LogP contribution in [0, 0.1) is 5.82 Å². The standard InChI is InChI=1S/C15H14Cl2FN/c1-2-19(14-6-4-13(18)5-7-14)15-8-3-12(17)9-11(15)10-16/h3-9H,2,10H2,1H3. The maximum absolute atomic E-state index is 13.0. The van der Waals surface area contributed by atoms with E-state index in [1.807, 2.05) is 25.1 Å². The van der Waals surface area contributed by atoms with E-state index in [4.69, 9.17) is 23.2 Å². The molecule has 0 heterocycles. The minimum absolute atomic E-state index is 0.242. The molecule has 1 nitrogen and oxygen atoms in total. The molecule has 0 radical (unpaired) electrons. The van der Waals surface area contributed by atoms with Crippen molar-refractivity contribution in [1.82, 2.24) is 0 Å². The quantitative estimate of drug-likeness (QED) is 0.685. The molecule has 0 atom stereocenters. The molecule has 2 aromatic carbocycles. The maximum atomic E-state index is 13.0. The summed E-state index contributed by atoms with van der Waals surface area (Å²) >= 11 is 12.0. The zero-order valence-corrected chi connectivity index (χ0v) is 12.0. The molecular formula is C15H14Cl2FN. The Morgan fingerprint density at radius 3 is 2.37 bits per heavy atom. The lowest BCUT2D eigenvalue weighted by Crippen LogP contribution is -2.17. The first kappa shape index (κ1) is 14.2. The monoisotopic (exact) mass is 297 g/mol. The summed E-state index contributed by atoms with van der Waals surface area (Å²) in [5.74, 6) is 0.140. The van der Waals surface area contributed by atoms with Crippen LogP contribution in [0.2, 0.25) is 5.02 Å². The molecule has 0 unspecified atom stereocenters. The lowest BCUT2D eigenvalue weighted by Gasteiger charge is -2.25. The van der Waals surface area contributed by atoms with Gasteiger partial charge in [-0.15, -0.1) is 11.6 Å². The molecule has 100 valence electrons. The van der Waals surface area contributed by atoms with Gasteiger partial charge in [0.15, 0.2) is 0 Å². The molecule has 19 heavy (non-hydrogen) atoms. The van der Waals surface area contributed by atoms with Crippen molar-refractivity contribution >= 4 is 34.6 Å². The Morgan fingerprint density at radius 1 is 1.11 bits per heavy atom. The van der Waals surface area contributed by atoms with Crippen molar-refractivity contribution in [2.45, 2.75) is 12.8 Å². The van der Waals surface area contributed by atoms with Gasteiger partial charge in [-0.05, 0) is 55.0 Å². The number of hydrogen-bond donors (Lipinski definition) is 0. The van der Waals surface area contributed by atoms with Crippen molar-refractivity contribution < 1.29 is 4.39 Å². The molecule has 0 saturated heterocycles. The van der Waals surface area contributed by atoms with Gasteiger partial charge in [0.25, 0.3) is 0 Å². The fourth-order valence-electron chi connectivity index (χ4n) is 2.04. The van der Waals surface area contributed by atoms with Gasteiger partial charge < -0.3 is 4.90 Å². The predicted molar refractivity (Wildman–Crippen MR) is 80.1 cm³/mol. The van der Waals surface area contributed by atoms with Crippen LogP contribution in [-0.4, -0.2) is 6.54 Å². The van der Waals surface area contributed by atoms with Crippen molar-refractivity contribution in [3.63, 3.8) is 0 Å². The molecule has 4 heteroatoms. The molecular weight excluding hydrogens is 284 g/mol. The minimum Gasteiger partial charge on any atom is -0.342 e. The third kappa shape index (κ3) is 3.20. The molecule has 0 bridgehead atoms. The summed E-state index contributed by atoms with van der Waals surface area (Å²) in [7, 11) is 0. The summed E-state index contributed by atoms with van der Waals surface area (Å²) in [6.07, 6.45) is 0. The second-order valence-electron chi connectivity index (χ2n) is 4.13. The van der Waals surface area contributed by atoms with E-state index in [2.05, 4.69) is 4.90 Å². The number of rotatable bonds is 4. The topological polar surface area (TPSA) is 3.24 Å². The van der Waals surface area contributed by atoms with E-state index >= 15 is 0 Å². The highest BCUT2D eigenvalue weighted by molar-refractivity contribution is 6.30. The molecule has 0 amide bonds. The van der Waals surface area contributed by atoms with Crippen molar-refractivity contribution in [1.29, 1.82) is 0 Å². The van der Waals surface area contributed by atoms with Crippen LogP contribution in [0.25, 0.3) is 0 Å². The number of anilines is 2. The minimum atomic E-state index is -0.242. The van der Waals surface area contributed by atoms with E-state index in [0.717, 1.165) is 23.5 Å². The van der Waals surface area contributed by atoms with E-state index < -0.39 is 0 Å². The van der Waals surface area contributed by atoms with Gasteiger partial charge in [0.05, 0.1) is 0 Å². The van der Waals surface area contributed by atoms with Crippen molar-refractivity contribution in [2.24, 2.45) is 0 Å². The molecule has 0 spiro atoms. The summed E-state index contributed by atoms with van der Waals surface area (Å²) < 4.78 is 13.0. The normalized spacial score (nSPS) is 10.5. The van der Waals surface area contributed by atoms with Crippen LogP contribution in [0.5, 0.6) is 0 Å². The lowest BCUT2D eigenvalue weighted by atomic mass is 10.1. The number of benzene rings is 2. The molecule has 0 saturated carbocycles. The molecule has 2 aromatic rings. The Hall–Kier alpha value is -1.25. The number of halogens is 3. The Kier molecular flexibility index (Phi) is 4.67. The Morgan fingerprint density at radius 2 is 1.79 bits per heavy atom. The van der Waals surface area contributed by atoms with Crippen LogP contribution in [-0.2, 0) is 5.88 Å². The summed E-state index contributed by atoms with van der Waals surface area (Å²) in [6.45, 7) is 2.80. The van der Waals surface area contributed by atoms with Gasteiger partial charge >= 0.3 is 0 Å². The van der Waals surface area contributed by atoms with Crippen LogP contribution in [0.15, 0.2) is 42.5 Å². The predicted octanol–water partition coefficient (Wildman–Crippen LogP) is 5.38. The first-order chi connectivity index (χ1) is 9.15. The van der Waals surface area contributed by atoms with Gasteiger partial charge in [-0.25, -0.2) is 4.39 Å². The fraction of sp³-hybridized carbons (Fsp3) is 0.200. The van der Waals surface area contributed by atoms with E-state index in [9.17, 15) is 4.39 Å². The lowest BCUT2D eigenvalue weighted by molar-refractivity contribution is 0.628. The van der Waals surface area contributed by atoms with Crippen molar-refractivity contribution in [3.05, 3.63) is 58.9 Å². The first-order valence-corrected chi connectivity index (χ1v) is 6.94. The zero-order valence-electron chi connectivity index (χ0n) is 10.5. The smallest absolute Gasteiger partial charge is 0.123 e. The Balaban J connectivity index is 2.44. The molecule has 0 aliphatic rings. The average Bonchev–Trinajstić information content (AvgIpc) is 2.43. The summed E-state index contributed by atoms with van der Waals surface area (Å²) in [6, 6.07) is 12.0. The van der Waals surface area contributed by atoms with Gasteiger partial charge in [-0.3, -0.25) is 0 Å². The molecule has 0 fully saturated rings. The van der Waals surface area contributed by atoms with Gasteiger partial charge in [0.1, 0.15) is 5.82 Å². The fourth-order valence-corrected chi connectivity index (χ4v) is 2.45. The third-order valence-corrected chi connectivity index (χ3v) is 3.45. The van der Waals surface area contributed by atoms with Crippen LogP contribution in [0.4, 0.5) is 15.8 Å². The van der Waals surface area contributed by atoms with Gasteiger partial charge in [-0.2, -0.15) is 0 Å². The summed E-state index contributed by atoms with van der Waals surface area (Å²) in [5, 5.41) is 0.662. The summed E-state index contributed by atoms with van der Waals surface area (Å²) in [5.41, 5.74) is 2.88. The molecule has 2 rings (SSSR count).